The normalized spacial score (nSPS) is 11.3. The molecule has 0 amide bonds. The van der Waals surface area contributed by atoms with Crippen LogP contribution in [0.25, 0.3) is 0 Å². The average Bonchev–Trinajstić information content (AvgIpc) is 2.37. The topological polar surface area (TPSA) is 0 Å². The van der Waals surface area contributed by atoms with Crippen LogP contribution in [-0.2, 0) is 0 Å². The summed E-state index contributed by atoms with van der Waals surface area (Å²) in [6.45, 7) is 9.54. The highest BCUT2D eigenvalue weighted by molar-refractivity contribution is 7.75. The third kappa shape index (κ3) is 10.0. The van der Waals surface area contributed by atoms with Gasteiger partial charge in [-0.1, -0.05) is 39.5 Å². The predicted molar refractivity (Wildman–Crippen MR) is 86.0 cm³/mol. The van der Waals surface area contributed by atoms with E-state index in [4.69, 9.17) is 0 Å². The number of hydrogen-bond donors (Lipinski definition) is 0. The highest BCUT2D eigenvalue weighted by Gasteiger charge is 2.31. The second-order valence-corrected chi connectivity index (χ2v) is 10.4. The molecule has 0 fully saturated rings. The molecule has 18 heavy (non-hydrogen) atoms. The first-order valence-corrected chi connectivity index (χ1v) is 10.6. The van der Waals surface area contributed by atoms with Crippen molar-refractivity contribution in [2.24, 2.45) is 0 Å². The molecule has 0 aromatic rings. The van der Waals surface area contributed by atoms with Crippen LogP contribution in [0.4, 0.5) is 0 Å². The molecule has 0 spiro atoms. The Labute approximate surface area is 134 Å². The second-order valence-electron chi connectivity index (χ2n) is 5.54. The predicted octanol–water partition coefficient (Wildman–Crippen LogP) is 3.21. The van der Waals surface area contributed by atoms with Gasteiger partial charge >= 0.3 is 0 Å². The Morgan fingerprint density at radius 1 is 0.556 bits per heavy atom. The molecule has 0 atom stereocenters. The Balaban J connectivity index is 0. The summed E-state index contributed by atoms with van der Waals surface area (Å²) in [5.41, 5.74) is 0. The summed E-state index contributed by atoms with van der Waals surface area (Å²) in [7, 11) is -0.538. The fourth-order valence-corrected chi connectivity index (χ4v) is 6.44. The van der Waals surface area contributed by atoms with Crippen molar-refractivity contribution < 1.29 is 24.0 Å². The zero-order valence-corrected chi connectivity index (χ0v) is 16.4. The van der Waals surface area contributed by atoms with E-state index in [0.29, 0.717) is 0 Å². The van der Waals surface area contributed by atoms with Gasteiger partial charge in [0.1, 0.15) is 0 Å². The number of halogens is 1. The van der Waals surface area contributed by atoms with Crippen LogP contribution in [0.15, 0.2) is 0 Å². The molecule has 0 aromatic carbocycles. The van der Waals surface area contributed by atoms with Gasteiger partial charge in [-0.3, -0.25) is 0 Å². The molecule has 0 aromatic heterocycles. The maximum absolute atomic E-state index is 2.46. The van der Waals surface area contributed by atoms with Crippen molar-refractivity contribution in [3.63, 3.8) is 0 Å². The summed E-state index contributed by atoms with van der Waals surface area (Å²) >= 11 is 0. The monoisotopic (exact) mass is 386 g/mol. The van der Waals surface area contributed by atoms with Crippen LogP contribution < -0.4 is 24.0 Å². The largest absolute Gasteiger partial charge is 1.00 e. The summed E-state index contributed by atoms with van der Waals surface area (Å²) in [6.07, 6.45) is 17.8. The lowest BCUT2D eigenvalue weighted by Crippen LogP contribution is -3.00. The van der Waals surface area contributed by atoms with Crippen LogP contribution in [0.2, 0.25) is 0 Å². The number of rotatable bonds is 12. The maximum Gasteiger partial charge on any atom is 0.0594 e. The SMILES string of the molecule is CCCCCC[P+](CC)(CC)CCCCCC.[I-]. The molecule has 0 aliphatic rings. The molecule has 2 heteroatoms. The molecule has 0 nitrogen and oxygen atoms in total. The van der Waals surface area contributed by atoms with E-state index in [2.05, 4.69) is 27.7 Å². The minimum absolute atomic E-state index is 0. The third-order valence-corrected chi connectivity index (χ3v) is 9.53. The third-order valence-electron chi connectivity index (χ3n) is 4.31. The fourth-order valence-electron chi connectivity index (χ4n) is 2.72. The zero-order valence-electron chi connectivity index (χ0n) is 13.3. The van der Waals surface area contributed by atoms with Gasteiger partial charge in [0.2, 0.25) is 0 Å². The van der Waals surface area contributed by atoms with Crippen molar-refractivity contribution in [3.05, 3.63) is 0 Å². The lowest BCUT2D eigenvalue weighted by atomic mass is 10.2. The van der Waals surface area contributed by atoms with Crippen LogP contribution in [-0.4, -0.2) is 24.6 Å². The lowest BCUT2D eigenvalue weighted by Gasteiger charge is -2.25. The molecule has 0 heterocycles. The van der Waals surface area contributed by atoms with E-state index in [0.717, 1.165) is 0 Å². The average molecular weight is 386 g/mol. The first-order valence-electron chi connectivity index (χ1n) is 8.09. The van der Waals surface area contributed by atoms with Gasteiger partial charge in [0.15, 0.2) is 0 Å². The lowest BCUT2D eigenvalue weighted by molar-refractivity contribution is -0.00000400. The Morgan fingerprint density at radius 2 is 0.944 bits per heavy atom. The smallest absolute Gasteiger partial charge is 0.0594 e. The summed E-state index contributed by atoms with van der Waals surface area (Å²) < 4.78 is 0. The van der Waals surface area contributed by atoms with E-state index < -0.39 is 7.26 Å². The molecule has 0 aliphatic carbocycles. The summed E-state index contributed by atoms with van der Waals surface area (Å²) in [6, 6.07) is 0. The Hall–Kier alpha value is 1.16. The first-order chi connectivity index (χ1) is 8.24. The Kier molecular flexibility index (Phi) is 17.4. The highest BCUT2D eigenvalue weighted by Crippen LogP contribution is 2.59. The molecule has 0 aliphatic heterocycles. The molecule has 112 valence electrons. The van der Waals surface area contributed by atoms with E-state index >= 15 is 0 Å². The molecular formula is C16H36IP. The van der Waals surface area contributed by atoms with Gasteiger partial charge in [-0.15, -0.1) is 0 Å². The number of unbranched alkanes of at least 4 members (excludes halogenated alkanes) is 6. The number of hydrogen-bond acceptors (Lipinski definition) is 0. The van der Waals surface area contributed by atoms with E-state index in [-0.39, 0.29) is 24.0 Å². The Morgan fingerprint density at radius 3 is 1.22 bits per heavy atom. The van der Waals surface area contributed by atoms with Gasteiger partial charge in [-0.05, 0) is 39.5 Å². The first kappa shape index (κ1) is 21.5. The molecule has 0 N–H and O–H groups in total. The van der Waals surface area contributed by atoms with Gasteiger partial charge in [0.05, 0.1) is 24.6 Å². The van der Waals surface area contributed by atoms with E-state index in [1.54, 1.807) is 12.3 Å². The maximum atomic E-state index is 2.46. The van der Waals surface area contributed by atoms with Crippen LogP contribution in [0.1, 0.15) is 79.1 Å². The van der Waals surface area contributed by atoms with Crippen molar-refractivity contribution in [1.29, 1.82) is 0 Å². The molecule has 0 saturated heterocycles. The van der Waals surface area contributed by atoms with E-state index in [9.17, 15) is 0 Å². The summed E-state index contributed by atoms with van der Waals surface area (Å²) in [4.78, 5) is 0. The molecule has 0 saturated carbocycles. The van der Waals surface area contributed by atoms with E-state index in [1.165, 1.54) is 63.7 Å². The molecule has 0 radical (unpaired) electrons. The summed E-state index contributed by atoms with van der Waals surface area (Å²) in [5.74, 6) is 0. The molecule has 0 bridgehead atoms. The van der Waals surface area contributed by atoms with Crippen molar-refractivity contribution >= 4 is 7.26 Å². The van der Waals surface area contributed by atoms with Crippen molar-refractivity contribution in [2.45, 2.75) is 79.1 Å². The molecule has 0 rings (SSSR count). The van der Waals surface area contributed by atoms with Gasteiger partial charge in [-0.25, -0.2) is 0 Å². The Bertz CT molecular complexity index is 141. The standard InChI is InChI=1S/C16H36P.HI/c1-5-9-11-13-15-17(7-3,8-4)16-14-12-10-6-2;/h5-16H2,1-4H3;1H/q+1;/p-1. The minimum atomic E-state index is -0.538. The molecule has 0 unspecified atom stereocenters. The van der Waals surface area contributed by atoms with Gasteiger partial charge in [0, 0.05) is 7.26 Å². The van der Waals surface area contributed by atoms with Crippen molar-refractivity contribution in [3.8, 4) is 0 Å². The zero-order chi connectivity index (χ0) is 13.0. The van der Waals surface area contributed by atoms with Crippen molar-refractivity contribution in [2.75, 3.05) is 24.6 Å². The highest BCUT2D eigenvalue weighted by atomic mass is 127. The van der Waals surface area contributed by atoms with Gasteiger partial charge in [0.25, 0.3) is 0 Å². The van der Waals surface area contributed by atoms with Crippen LogP contribution in [0.5, 0.6) is 0 Å². The van der Waals surface area contributed by atoms with Crippen LogP contribution in [0.3, 0.4) is 0 Å². The fraction of sp³-hybridized carbons (Fsp3) is 1.00. The summed E-state index contributed by atoms with van der Waals surface area (Å²) in [5, 5.41) is 0. The van der Waals surface area contributed by atoms with Gasteiger partial charge in [-0.2, -0.15) is 0 Å². The van der Waals surface area contributed by atoms with Gasteiger partial charge < -0.3 is 24.0 Å². The second kappa shape index (κ2) is 14.6. The minimum Gasteiger partial charge on any atom is -1.00 e. The van der Waals surface area contributed by atoms with Crippen LogP contribution in [0, 0.1) is 0 Å². The van der Waals surface area contributed by atoms with Crippen molar-refractivity contribution in [1.82, 2.24) is 0 Å². The molecular weight excluding hydrogens is 350 g/mol. The van der Waals surface area contributed by atoms with Crippen LogP contribution >= 0.6 is 7.26 Å². The quantitative estimate of drug-likeness (QED) is 0.275. The van der Waals surface area contributed by atoms with E-state index in [1.807, 2.05) is 0 Å².